The quantitative estimate of drug-likeness (QED) is 0.762. The van der Waals surface area contributed by atoms with Crippen LogP contribution < -0.4 is 10.1 Å². The number of Topliss-reactive ketones (excluding diaryl/α,β-unsaturated/α-hetero) is 1. The number of benzene rings is 2. The van der Waals surface area contributed by atoms with Crippen molar-refractivity contribution in [3.63, 3.8) is 0 Å². The van der Waals surface area contributed by atoms with E-state index < -0.39 is 5.60 Å². The SMILES string of the molecule is Cc1ccc2c(c1)C(=O)CC1(CCN(C(=O)c3ccc4c(c3)CCCC(=O)N4)CC1)O2. The largest absolute Gasteiger partial charge is 0.486 e. The number of likely N-dealkylation sites (tertiary alicyclic amines) is 1. The lowest BCUT2D eigenvalue weighted by Gasteiger charge is -2.44. The third-order valence-electron chi connectivity index (χ3n) is 6.68. The van der Waals surface area contributed by atoms with Crippen LogP contribution in [0.1, 0.15) is 63.9 Å². The Hall–Kier alpha value is -3.15. The van der Waals surface area contributed by atoms with Gasteiger partial charge in [-0.25, -0.2) is 0 Å². The van der Waals surface area contributed by atoms with Crippen LogP contribution in [0.2, 0.25) is 0 Å². The Kier molecular flexibility index (Phi) is 4.80. The molecule has 0 atom stereocenters. The fourth-order valence-electron chi connectivity index (χ4n) is 4.89. The zero-order valence-corrected chi connectivity index (χ0v) is 17.7. The molecule has 2 aromatic carbocycles. The van der Waals surface area contributed by atoms with Gasteiger partial charge in [0, 0.05) is 43.6 Å². The summed E-state index contributed by atoms with van der Waals surface area (Å²) in [6.45, 7) is 3.08. The average molecular weight is 418 g/mol. The van der Waals surface area contributed by atoms with Gasteiger partial charge in [-0.05, 0) is 55.7 Å². The molecule has 3 aliphatic heterocycles. The molecule has 0 bridgehead atoms. The minimum atomic E-state index is -0.520. The summed E-state index contributed by atoms with van der Waals surface area (Å²) in [6, 6.07) is 11.3. The maximum atomic E-state index is 13.1. The molecule has 0 unspecified atom stereocenters. The van der Waals surface area contributed by atoms with E-state index in [2.05, 4.69) is 5.32 Å². The maximum Gasteiger partial charge on any atom is 0.253 e. The minimum Gasteiger partial charge on any atom is -0.486 e. The highest BCUT2D eigenvalue weighted by Gasteiger charge is 2.43. The molecule has 0 radical (unpaired) electrons. The number of amides is 2. The van der Waals surface area contributed by atoms with Crippen molar-refractivity contribution in [3.05, 3.63) is 58.7 Å². The molecule has 1 spiro atoms. The van der Waals surface area contributed by atoms with E-state index in [0.717, 1.165) is 29.7 Å². The Labute approximate surface area is 181 Å². The van der Waals surface area contributed by atoms with E-state index in [9.17, 15) is 14.4 Å². The van der Waals surface area contributed by atoms with E-state index in [1.54, 1.807) is 6.07 Å². The van der Waals surface area contributed by atoms with E-state index >= 15 is 0 Å². The van der Waals surface area contributed by atoms with Crippen molar-refractivity contribution in [1.82, 2.24) is 4.90 Å². The Morgan fingerprint density at radius 2 is 1.87 bits per heavy atom. The molecule has 0 aliphatic carbocycles. The van der Waals surface area contributed by atoms with E-state index in [0.29, 0.717) is 55.6 Å². The molecule has 1 N–H and O–H groups in total. The van der Waals surface area contributed by atoms with Gasteiger partial charge in [0.1, 0.15) is 11.4 Å². The van der Waals surface area contributed by atoms with Gasteiger partial charge < -0.3 is 15.0 Å². The number of hydrogen-bond donors (Lipinski definition) is 1. The van der Waals surface area contributed by atoms with Gasteiger partial charge >= 0.3 is 0 Å². The highest BCUT2D eigenvalue weighted by Crippen LogP contribution is 2.40. The first kappa shape index (κ1) is 19.8. The van der Waals surface area contributed by atoms with Crippen LogP contribution in [0.25, 0.3) is 0 Å². The highest BCUT2D eigenvalue weighted by molar-refractivity contribution is 6.01. The second-order valence-corrected chi connectivity index (χ2v) is 8.95. The van der Waals surface area contributed by atoms with E-state index in [1.165, 1.54) is 0 Å². The predicted molar refractivity (Wildman–Crippen MR) is 117 cm³/mol. The van der Waals surface area contributed by atoms with Gasteiger partial charge in [-0.1, -0.05) is 11.6 Å². The molecular formula is C25H26N2O4. The third-order valence-corrected chi connectivity index (χ3v) is 6.68. The summed E-state index contributed by atoms with van der Waals surface area (Å²) in [5, 5.41) is 2.91. The molecule has 3 heterocycles. The molecule has 0 saturated carbocycles. The summed E-state index contributed by atoms with van der Waals surface area (Å²) < 4.78 is 6.32. The summed E-state index contributed by atoms with van der Waals surface area (Å²) >= 11 is 0. The number of nitrogens with zero attached hydrogens (tertiary/aromatic N) is 1. The van der Waals surface area contributed by atoms with Crippen LogP contribution in [0.5, 0.6) is 5.75 Å². The number of fused-ring (bicyclic) bond motifs is 2. The summed E-state index contributed by atoms with van der Waals surface area (Å²) in [4.78, 5) is 39.5. The Morgan fingerprint density at radius 3 is 2.68 bits per heavy atom. The second kappa shape index (κ2) is 7.52. The smallest absolute Gasteiger partial charge is 0.253 e. The average Bonchev–Trinajstić information content (AvgIpc) is 2.94. The number of nitrogens with one attached hydrogen (secondary N) is 1. The van der Waals surface area contributed by atoms with Gasteiger partial charge in [-0.15, -0.1) is 0 Å². The van der Waals surface area contributed by atoms with Crippen molar-refractivity contribution in [2.24, 2.45) is 0 Å². The van der Waals surface area contributed by atoms with Gasteiger partial charge in [0.25, 0.3) is 5.91 Å². The van der Waals surface area contributed by atoms with Crippen molar-refractivity contribution >= 4 is 23.3 Å². The van der Waals surface area contributed by atoms with Gasteiger partial charge in [0.15, 0.2) is 5.78 Å². The lowest BCUT2D eigenvalue weighted by atomic mass is 9.82. The number of carbonyl (C=O) groups is 3. The summed E-state index contributed by atoms with van der Waals surface area (Å²) in [5.41, 5.74) is 3.66. The summed E-state index contributed by atoms with van der Waals surface area (Å²) in [7, 11) is 0. The number of aryl methyl sites for hydroxylation is 2. The zero-order valence-electron chi connectivity index (χ0n) is 17.7. The number of ether oxygens (including phenoxy) is 1. The first-order valence-electron chi connectivity index (χ1n) is 11.0. The lowest BCUT2D eigenvalue weighted by Crippen LogP contribution is -2.52. The van der Waals surface area contributed by atoms with E-state index in [1.807, 2.05) is 42.2 Å². The molecular weight excluding hydrogens is 392 g/mol. The van der Waals surface area contributed by atoms with Gasteiger partial charge in [-0.3, -0.25) is 14.4 Å². The Balaban J connectivity index is 1.29. The van der Waals surface area contributed by atoms with E-state index in [4.69, 9.17) is 4.74 Å². The number of rotatable bonds is 1. The minimum absolute atomic E-state index is 0.00798. The molecule has 0 aromatic heterocycles. The molecule has 31 heavy (non-hydrogen) atoms. The number of ketones is 1. The Morgan fingerprint density at radius 1 is 1.06 bits per heavy atom. The van der Waals surface area contributed by atoms with Crippen LogP contribution in [-0.2, 0) is 11.2 Å². The molecule has 1 fully saturated rings. The summed E-state index contributed by atoms with van der Waals surface area (Å²) in [6.07, 6.45) is 3.72. The van der Waals surface area contributed by atoms with Crippen LogP contribution in [0, 0.1) is 6.92 Å². The molecule has 3 aliphatic rings. The third kappa shape index (κ3) is 3.71. The number of anilines is 1. The molecule has 5 rings (SSSR count). The molecule has 2 amide bonds. The molecule has 6 heteroatoms. The van der Waals surface area contributed by atoms with Crippen molar-refractivity contribution in [1.29, 1.82) is 0 Å². The molecule has 160 valence electrons. The zero-order chi connectivity index (χ0) is 21.6. The second-order valence-electron chi connectivity index (χ2n) is 8.95. The highest BCUT2D eigenvalue weighted by atomic mass is 16.5. The van der Waals surface area contributed by atoms with Crippen molar-refractivity contribution < 1.29 is 19.1 Å². The first-order chi connectivity index (χ1) is 14.9. The fraction of sp³-hybridized carbons (Fsp3) is 0.400. The van der Waals surface area contributed by atoms with Crippen molar-refractivity contribution in [3.8, 4) is 5.75 Å². The molecule has 2 aromatic rings. The lowest BCUT2D eigenvalue weighted by molar-refractivity contribution is -0.116. The van der Waals surface area contributed by atoms with Crippen LogP contribution in [0.3, 0.4) is 0 Å². The topological polar surface area (TPSA) is 75.7 Å². The Bertz CT molecular complexity index is 1080. The fourth-order valence-corrected chi connectivity index (χ4v) is 4.89. The van der Waals surface area contributed by atoms with E-state index in [-0.39, 0.29) is 17.6 Å². The van der Waals surface area contributed by atoms with Crippen LogP contribution in [0.4, 0.5) is 5.69 Å². The molecule has 1 saturated heterocycles. The van der Waals surface area contributed by atoms with Crippen molar-refractivity contribution in [2.45, 2.75) is 51.0 Å². The number of carbonyl (C=O) groups excluding carboxylic acids is 3. The van der Waals surface area contributed by atoms with Gasteiger partial charge in [0.05, 0.1) is 12.0 Å². The maximum absolute atomic E-state index is 13.1. The van der Waals surface area contributed by atoms with Crippen LogP contribution in [0.15, 0.2) is 36.4 Å². The monoisotopic (exact) mass is 418 g/mol. The van der Waals surface area contributed by atoms with Crippen LogP contribution in [-0.4, -0.2) is 41.2 Å². The van der Waals surface area contributed by atoms with Gasteiger partial charge in [-0.2, -0.15) is 0 Å². The normalized spacial score (nSPS) is 19.7. The van der Waals surface area contributed by atoms with Crippen LogP contribution >= 0.6 is 0 Å². The summed E-state index contributed by atoms with van der Waals surface area (Å²) in [5.74, 6) is 0.802. The molecule has 6 nitrogen and oxygen atoms in total. The number of hydrogen-bond acceptors (Lipinski definition) is 4. The van der Waals surface area contributed by atoms with Gasteiger partial charge in [0.2, 0.25) is 5.91 Å². The standard InChI is InChI=1S/C25H26N2O4/c1-16-5-8-22-19(13-16)21(28)15-25(31-22)9-11-27(12-10-25)24(30)18-6-7-20-17(14-18)3-2-4-23(29)26-20/h5-8,13-14H,2-4,9-12,15H2,1H3,(H,26,29). The van der Waals surface area contributed by atoms with Crippen molar-refractivity contribution in [2.75, 3.05) is 18.4 Å². The first-order valence-corrected chi connectivity index (χ1v) is 11.0. The predicted octanol–water partition coefficient (Wildman–Crippen LogP) is 3.91. The number of piperidine rings is 1.